The third kappa shape index (κ3) is 3.87. The minimum absolute atomic E-state index is 0.0133. The molecule has 6 nitrogen and oxygen atoms in total. The Morgan fingerprint density at radius 1 is 1.13 bits per heavy atom. The Hall–Kier alpha value is -1.92. The summed E-state index contributed by atoms with van der Waals surface area (Å²) in [7, 11) is 0. The minimum atomic E-state index is 0.0133. The van der Waals surface area contributed by atoms with E-state index in [2.05, 4.69) is 14.9 Å². The van der Waals surface area contributed by atoms with Crippen molar-refractivity contribution in [2.24, 2.45) is 17.8 Å². The van der Waals surface area contributed by atoms with Crippen molar-refractivity contribution in [3.8, 4) is 0 Å². The summed E-state index contributed by atoms with van der Waals surface area (Å²) < 4.78 is 13.2. The molecule has 1 N–H and O–H groups in total. The van der Waals surface area contributed by atoms with Crippen LogP contribution in [0.4, 0.5) is 0 Å². The number of aromatic nitrogens is 2. The van der Waals surface area contributed by atoms with E-state index in [9.17, 15) is 4.79 Å². The van der Waals surface area contributed by atoms with E-state index >= 15 is 0 Å². The predicted molar refractivity (Wildman–Crippen MR) is 115 cm³/mol. The Bertz CT molecular complexity index is 871. The molecule has 0 spiro atoms. The maximum absolute atomic E-state index is 13.5. The molecule has 4 bridgehead atoms. The quantitative estimate of drug-likeness (QED) is 0.638. The van der Waals surface area contributed by atoms with Crippen LogP contribution in [0.25, 0.3) is 10.9 Å². The molecule has 30 heavy (non-hydrogen) atoms. The lowest BCUT2D eigenvalue weighted by Gasteiger charge is -2.56. The molecule has 4 aliphatic rings. The van der Waals surface area contributed by atoms with Crippen molar-refractivity contribution >= 4 is 16.8 Å². The molecule has 0 saturated heterocycles. The smallest absolute Gasteiger partial charge is 0.268 e. The fraction of sp³-hybridized carbons (Fsp3) is 0.667. The number of rotatable bonds is 9. The first kappa shape index (κ1) is 20.0. The average molecular weight is 412 g/mol. The Balaban J connectivity index is 1.32. The van der Waals surface area contributed by atoms with E-state index in [1.54, 1.807) is 6.20 Å². The highest BCUT2D eigenvalue weighted by atomic mass is 16.5. The molecule has 0 aromatic carbocycles. The third-order valence-electron chi connectivity index (χ3n) is 7.39. The molecule has 0 atom stereocenters. The van der Waals surface area contributed by atoms with Crippen molar-refractivity contribution in [3.63, 3.8) is 0 Å². The molecule has 4 fully saturated rings. The molecule has 1 amide bonds. The maximum Gasteiger partial charge on any atom is 0.268 e. The molecule has 6 heteroatoms. The number of carbonyl (C=O) groups excluding carboxylic acids is 1. The molecule has 0 unspecified atom stereocenters. The van der Waals surface area contributed by atoms with Gasteiger partial charge in [-0.1, -0.05) is 0 Å². The summed E-state index contributed by atoms with van der Waals surface area (Å²) >= 11 is 0. The zero-order valence-corrected chi connectivity index (χ0v) is 17.9. The first-order valence-electron chi connectivity index (χ1n) is 11.6. The van der Waals surface area contributed by atoms with Crippen molar-refractivity contribution in [1.29, 1.82) is 0 Å². The van der Waals surface area contributed by atoms with Crippen LogP contribution in [0.15, 0.2) is 24.5 Å². The second-order valence-electron chi connectivity index (χ2n) is 9.58. The zero-order chi connectivity index (χ0) is 20.6. The Morgan fingerprint density at radius 3 is 2.53 bits per heavy atom. The Kier molecular flexibility index (Phi) is 5.54. The summed E-state index contributed by atoms with van der Waals surface area (Å²) in [6.07, 6.45) is 11.2. The van der Waals surface area contributed by atoms with Crippen LogP contribution < -0.4 is 5.32 Å². The van der Waals surface area contributed by atoms with Crippen LogP contribution in [0.1, 0.15) is 55.9 Å². The van der Waals surface area contributed by atoms with Crippen LogP contribution in [0.2, 0.25) is 0 Å². The molecule has 2 aromatic heterocycles. The van der Waals surface area contributed by atoms with Crippen LogP contribution >= 0.6 is 0 Å². The SMILES string of the molecule is CCOCCOCCn1c(C(=O)NC23CC4CC(CC(C4)C2)C3)cc2cnccc21. The van der Waals surface area contributed by atoms with Gasteiger partial charge >= 0.3 is 0 Å². The monoisotopic (exact) mass is 411 g/mol. The summed E-state index contributed by atoms with van der Waals surface area (Å²) in [6.45, 7) is 5.05. The Labute approximate surface area is 178 Å². The molecule has 2 heterocycles. The fourth-order valence-corrected chi connectivity index (χ4v) is 6.63. The van der Waals surface area contributed by atoms with E-state index in [4.69, 9.17) is 9.47 Å². The first-order chi connectivity index (χ1) is 14.7. The standard InChI is InChI=1S/C24H33N3O3/c1-2-29-7-8-30-6-5-27-21-3-4-25-16-20(21)12-22(27)23(28)26-24-13-17-9-18(14-24)11-19(10-17)15-24/h3-4,12,16-19H,2,5-11,13-15H2,1H3,(H,26,28). The maximum atomic E-state index is 13.5. The topological polar surface area (TPSA) is 65.4 Å². The van der Waals surface area contributed by atoms with Crippen LogP contribution in [-0.4, -0.2) is 47.4 Å². The van der Waals surface area contributed by atoms with Gasteiger partial charge in [0.15, 0.2) is 0 Å². The normalized spacial score (nSPS) is 29.6. The van der Waals surface area contributed by atoms with Gasteiger partial charge in [0.05, 0.1) is 25.3 Å². The number of pyridine rings is 1. The van der Waals surface area contributed by atoms with Gasteiger partial charge in [-0.15, -0.1) is 0 Å². The van der Waals surface area contributed by atoms with Crippen molar-refractivity contribution in [2.75, 3.05) is 26.4 Å². The van der Waals surface area contributed by atoms with E-state index < -0.39 is 0 Å². The van der Waals surface area contributed by atoms with Crippen molar-refractivity contribution in [3.05, 3.63) is 30.2 Å². The van der Waals surface area contributed by atoms with Gasteiger partial charge in [-0.05, 0) is 75.3 Å². The molecular weight excluding hydrogens is 378 g/mol. The summed E-state index contributed by atoms with van der Waals surface area (Å²) in [4.78, 5) is 17.7. The summed E-state index contributed by atoms with van der Waals surface area (Å²) in [5.74, 6) is 2.49. The zero-order valence-electron chi connectivity index (χ0n) is 17.9. The molecule has 0 radical (unpaired) electrons. The molecular formula is C24H33N3O3. The van der Waals surface area contributed by atoms with Gasteiger partial charge in [-0.2, -0.15) is 0 Å². The van der Waals surface area contributed by atoms with Gasteiger partial charge < -0.3 is 19.4 Å². The number of amides is 1. The lowest BCUT2D eigenvalue weighted by Crippen LogP contribution is -2.60. The van der Waals surface area contributed by atoms with Gasteiger partial charge in [-0.3, -0.25) is 9.78 Å². The van der Waals surface area contributed by atoms with E-state index in [0.29, 0.717) is 33.0 Å². The lowest BCUT2D eigenvalue weighted by molar-refractivity contribution is -0.0168. The number of fused-ring (bicyclic) bond motifs is 1. The first-order valence-corrected chi connectivity index (χ1v) is 11.6. The van der Waals surface area contributed by atoms with Gasteiger partial charge in [0.1, 0.15) is 5.69 Å². The van der Waals surface area contributed by atoms with Crippen LogP contribution in [-0.2, 0) is 16.0 Å². The highest BCUT2D eigenvalue weighted by Gasteiger charge is 2.51. The number of hydrogen-bond donors (Lipinski definition) is 1. The van der Waals surface area contributed by atoms with E-state index in [-0.39, 0.29) is 11.4 Å². The summed E-state index contributed by atoms with van der Waals surface area (Å²) in [6, 6.07) is 3.97. The second kappa shape index (κ2) is 8.31. The van der Waals surface area contributed by atoms with Crippen molar-refractivity contribution < 1.29 is 14.3 Å². The number of nitrogens with zero attached hydrogens (tertiary/aromatic N) is 2. The molecule has 162 valence electrons. The van der Waals surface area contributed by atoms with Gasteiger partial charge in [0, 0.05) is 36.5 Å². The molecule has 2 aromatic rings. The minimum Gasteiger partial charge on any atom is -0.379 e. The van der Waals surface area contributed by atoms with Crippen molar-refractivity contribution in [2.45, 2.75) is 57.5 Å². The number of ether oxygens (including phenoxy) is 2. The molecule has 4 aliphatic carbocycles. The average Bonchev–Trinajstić information content (AvgIpc) is 3.08. The fourth-order valence-electron chi connectivity index (χ4n) is 6.63. The summed E-state index contributed by atoms with van der Waals surface area (Å²) in [5, 5.41) is 4.52. The molecule has 0 aliphatic heterocycles. The number of carbonyl (C=O) groups is 1. The van der Waals surface area contributed by atoms with Gasteiger partial charge in [0.2, 0.25) is 0 Å². The van der Waals surface area contributed by atoms with Crippen LogP contribution in [0, 0.1) is 17.8 Å². The lowest BCUT2D eigenvalue weighted by atomic mass is 9.53. The number of hydrogen-bond acceptors (Lipinski definition) is 4. The predicted octanol–water partition coefficient (Wildman–Crippen LogP) is 3.79. The van der Waals surface area contributed by atoms with Gasteiger partial charge in [0.25, 0.3) is 5.91 Å². The largest absolute Gasteiger partial charge is 0.379 e. The van der Waals surface area contributed by atoms with E-state index in [0.717, 1.165) is 53.6 Å². The van der Waals surface area contributed by atoms with Crippen molar-refractivity contribution in [1.82, 2.24) is 14.9 Å². The Morgan fingerprint density at radius 2 is 1.83 bits per heavy atom. The highest BCUT2D eigenvalue weighted by molar-refractivity contribution is 5.99. The number of nitrogens with one attached hydrogen (secondary N) is 1. The highest BCUT2D eigenvalue weighted by Crippen LogP contribution is 2.55. The van der Waals surface area contributed by atoms with Crippen LogP contribution in [0.5, 0.6) is 0 Å². The second-order valence-corrected chi connectivity index (χ2v) is 9.58. The van der Waals surface area contributed by atoms with Crippen LogP contribution in [0.3, 0.4) is 0 Å². The third-order valence-corrected chi connectivity index (χ3v) is 7.39. The summed E-state index contributed by atoms with van der Waals surface area (Å²) in [5.41, 5.74) is 1.77. The molecule has 6 rings (SSSR count). The molecule has 4 saturated carbocycles. The van der Waals surface area contributed by atoms with E-state index in [1.807, 2.05) is 25.3 Å². The van der Waals surface area contributed by atoms with Gasteiger partial charge in [-0.25, -0.2) is 0 Å². The van der Waals surface area contributed by atoms with E-state index in [1.165, 1.54) is 19.3 Å².